The third kappa shape index (κ3) is 2.75. The fourth-order valence-electron chi connectivity index (χ4n) is 3.67. The van der Waals surface area contributed by atoms with Gasteiger partial charge in [0, 0.05) is 24.7 Å². The van der Waals surface area contributed by atoms with Crippen LogP contribution >= 0.6 is 0 Å². The molecular formula is C19H23N3O4. The number of amides is 1. The molecule has 7 heteroatoms. The molecule has 3 heterocycles. The Morgan fingerprint density at radius 1 is 1.42 bits per heavy atom. The van der Waals surface area contributed by atoms with Gasteiger partial charge >= 0.3 is 5.97 Å². The third-order valence-corrected chi connectivity index (χ3v) is 5.53. The lowest BCUT2D eigenvalue weighted by Crippen LogP contribution is -2.35. The van der Waals surface area contributed by atoms with E-state index in [1.807, 2.05) is 13.0 Å². The lowest BCUT2D eigenvalue weighted by molar-refractivity contribution is -0.147. The fraction of sp³-hybridized carbons (Fsp3) is 0.579. The Balaban J connectivity index is 1.75. The summed E-state index contributed by atoms with van der Waals surface area (Å²) in [5.41, 5.74) is 1.71. The number of carboxylic acid groups (broad SMARTS) is 1. The van der Waals surface area contributed by atoms with Crippen molar-refractivity contribution in [3.05, 3.63) is 23.0 Å². The van der Waals surface area contributed by atoms with Gasteiger partial charge in [-0.25, -0.2) is 4.98 Å². The standard InChI is InChI=1S/C19H23N3O4/c1-3-4-13-15-12(9-14(11-5-6-11)20-16(15)26-21-13)17(23)22-8-7-19(2,10-22)18(24)25/h9,11H,3-8,10H2,1-2H3,(H,24,25). The molecule has 1 unspecified atom stereocenters. The Morgan fingerprint density at radius 2 is 2.19 bits per heavy atom. The molecule has 1 amide bonds. The van der Waals surface area contributed by atoms with E-state index in [-0.39, 0.29) is 12.5 Å². The van der Waals surface area contributed by atoms with Crippen molar-refractivity contribution in [2.24, 2.45) is 5.41 Å². The van der Waals surface area contributed by atoms with Crippen molar-refractivity contribution in [3.63, 3.8) is 0 Å². The molecule has 7 nitrogen and oxygen atoms in total. The van der Waals surface area contributed by atoms with Crippen molar-refractivity contribution in [3.8, 4) is 0 Å². The van der Waals surface area contributed by atoms with Gasteiger partial charge in [0.25, 0.3) is 11.6 Å². The smallest absolute Gasteiger partial charge is 0.311 e. The van der Waals surface area contributed by atoms with Gasteiger partial charge in [-0.3, -0.25) is 9.59 Å². The van der Waals surface area contributed by atoms with Crippen LogP contribution < -0.4 is 0 Å². The molecule has 0 aromatic carbocycles. The normalized spacial score (nSPS) is 22.9. The predicted octanol–water partition coefficient (Wildman–Crippen LogP) is 2.99. The van der Waals surface area contributed by atoms with Crippen LogP contribution in [0.5, 0.6) is 0 Å². The molecule has 0 radical (unpaired) electrons. The number of carboxylic acids is 1. The van der Waals surface area contributed by atoms with Crippen LogP contribution in [-0.2, 0) is 11.2 Å². The van der Waals surface area contributed by atoms with Crippen LogP contribution in [0.2, 0.25) is 0 Å². The van der Waals surface area contributed by atoms with Crippen molar-refractivity contribution in [1.29, 1.82) is 0 Å². The summed E-state index contributed by atoms with van der Waals surface area (Å²) in [5, 5.41) is 14.3. The average molecular weight is 357 g/mol. The molecule has 4 rings (SSSR count). The largest absolute Gasteiger partial charge is 0.481 e. The second kappa shape index (κ2) is 6.07. The first kappa shape index (κ1) is 17.0. The van der Waals surface area contributed by atoms with E-state index in [0.717, 1.165) is 30.7 Å². The molecule has 1 aliphatic carbocycles. The lowest BCUT2D eigenvalue weighted by Gasteiger charge is -2.20. The minimum Gasteiger partial charge on any atom is -0.481 e. The Morgan fingerprint density at radius 3 is 2.81 bits per heavy atom. The van der Waals surface area contributed by atoms with E-state index in [1.54, 1.807) is 11.8 Å². The van der Waals surface area contributed by atoms with Crippen molar-refractivity contribution in [2.45, 2.75) is 51.9 Å². The second-order valence-electron chi connectivity index (χ2n) is 7.77. The minimum atomic E-state index is -0.887. The SMILES string of the molecule is CCCc1noc2nc(C3CC3)cc(C(=O)N3CCC(C)(C(=O)O)C3)c12. The second-order valence-corrected chi connectivity index (χ2v) is 7.77. The minimum absolute atomic E-state index is 0.148. The van der Waals surface area contributed by atoms with Gasteiger partial charge in [-0.1, -0.05) is 18.5 Å². The summed E-state index contributed by atoms with van der Waals surface area (Å²) in [6, 6.07) is 1.87. The monoisotopic (exact) mass is 357 g/mol. The maximum Gasteiger partial charge on any atom is 0.311 e. The number of pyridine rings is 1. The Bertz CT molecular complexity index is 886. The van der Waals surface area contributed by atoms with Crippen LogP contribution in [0.3, 0.4) is 0 Å². The van der Waals surface area contributed by atoms with Gasteiger partial charge in [0.05, 0.1) is 22.1 Å². The maximum atomic E-state index is 13.3. The summed E-state index contributed by atoms with van der Waals surface area (Å²) < 4.78 is 5.43. The highest BCUT2D eigenvalue weighted by molar-refractivity contribution is 6.06. The van der Waals surface area contributed by atoms with Crippen LogP contribution in [-0.4, -0.2) is 45.1 Å². The molecule has 2 fully saturated rings. The number of carbonyl (C=O) groups is 2. The van der Waals surface area contributed by atoms with Gasteiger partial charge in [0.15, 0.2) is 0 Å². The number of aryl methyl sites for hydroxylation is 1. The molecule has 2 aromatic rings. The molecule has 26 heavy (non-hydrogen) atoms. The molecule has 2 aromatic heterocycles. The zero-order valence-corrected chi connectivity index (χ0v) is 15.1. The summed E-state index contributed by atoms with van der Waals surface area (Å²) in [7, 11) is 0. The number of aromatic nitrogens is 2. The van der Waals surface area contributed by atoms with Crippen molar-refractivity contribution in [2.75, 3.05) is 13.1 Å². The molecule has 1 saturated carbocycles. The molecule has 1 aliphatic heterocycles. The molecule has 0 spiro atoms. The summed E-state index contributed by atoms with van der Waals surface area (Å²) in [4.78, 5) is 31.0. The first-order valence-electron chi connectivity index (χ1n) is 9.25. The van der Waals surface area contributed by atoms with Crippen LogP contribution in [0, 0.1) is 5.41 Å². The van der Waals surface area contributed by atoms with E-state index < -0.39 is 11.4 Å². The number of carbonyl (C=O) groups excluding carboxylic acids is 1. The fourth-order valence-corrected chi connectivity index (χ4v) is 3.67. The number of fused-ring (bicyclic) bond motifs is 1. The van der Waals surface area contributed by atoms with Crippen LogP contribution in [0.25, 0.3) is 11.1 Å². The summed E-state index contributed by atoms with van der Waals surface area (Å²) in [5.74, 6) is -0.624. The molecule has 1 atom stereocenters. The van der Waals surface area contributed by atoms with E-state index in [2.05, 4.69) is 10.1 Å². The van der Waals surface area contributed by atoms with Gasteiger partial charge in [0.2, 0.25) is 0 Å². The quantitative estimate of drug-likeness (QED) is 0.883. The molecule has 138 valence electrons. The van der Waals surface area contributed by atoms with E-state index in [4.69, 9.17) is 4.52 Å². The van der Waals surface area contributed by atoms with Gasteiger partial charge in [-0.05, 0) is 38.7 Å². The molecule has 1 saturated heterocycles. The number of hydrogen-bond donors (Lipinski definition) is 1. The summed E-state index contributed by atoms with van der Waals surface area (Å²) in [6.45, 7) is 4.41. The zero-order valence-electron chi connectivity index (χ0n) is 15.1. The number of aliphatic carboxylic acids is 1. The first-order valence-corrected chi connectivity index (χ1v) is 9.25. The van der Waals surface area contributed by atoms with Crippen LogP contribution in [0.4, 0.5) is 0 Å². The van der Waals surface area contributed by atoms with Gasteiger partial charge < -0.3 is 14.5 Å². The highest BCUT2D eigenvalue weighted by Crippen LogP contribution is 2.41. The van der Waals surface area contributed by atoms with Gasteiger partial charge in [-0.2, -0.15) is 0 Å². The molecule has 0 bridgehead atoms. The summed E-state index contributed by atoms with van der Waals surface area (Å²) in [6.07, 6.45) is 4.21. The Labute approximate surface area is 151 Å². The van der Waals surface area contributed by atoms with E-state index >= 15 is 0 Å². The summed E-state index contributed by atoms with van der Waals surface area (Å²) >= 11 is 0. The third-order valence-electron chi connectivity index (χ3n) is 5.53. The predicted molar refractivity (Wildman–Crippen MR) is 94.0 cm³/mol. The van der Waals surface area contributed by atoms with E-state index in [0.29, 0.717) is 42.0 Å². The topological polar surface area (TPSA) is 96.5 Å². The van der Waals surface area contributed by atoms with Crippen molar-refractivity contribution < 1.29 is 19.2 Å². The zero-order chi connectivity index (χ0) is 18.5. The maximum absolute atomic E-state index is 13.3. The first-order chi connectivity index (χ1) is 12.4. The molecule has 2 aliphatic rings. The molecule has 1 N–H and O–H groups in total. The number of likely N-dealkylation sites (tertiary alicyclic amines) is 1. The highest BCUT2D eigenvalue weighted by Gasteiger charge is 2.43. The average Bonchev–Trinajstić information content (AvgIpc) is 3.28. The van der Waals surface area contributed by atoms with Gasteiger partial charge in [-0.15, -0.1) is 0 Å². The number of hydrogen-bond acceptors (Lipinski definition) is 5. The van der Waals surface area contributed by atoms with E-state index in [1.165, 1.54) is 0 Å². The van der Waals surface area contributed by atoms with Crippen LogP contribution in [0.15, 0.2) is 10.6 Å². The number of nitrogens with zero attached hydrogens (tertiary/aromatic N) is 3. The van der Waals surface area contributed by atoms with E-state index in [9.17, 15) is 14.7 Å². The highest BCUT2D eigenvalue weighted by atomic mass is 16.5. The lowest BCUT2D eigenvalue weighted by atomic mass is 9.90. The van der Waals surface area contributed by atoms with Crippen LogP contribution in [0.1, 0.15) is 67.2 Å². The Kier molecular flexibility index (Phi) is 3.97. The van der Waals surface area contributed by atoms with Crippen molar-refractivity contribution >= 4 is 23.0 Å². The Hall–Kier alpha value is -2.44. The van der Waals surface area contributed by atoms with Crippen molar-refractivity contribution in [1.82, 2.24) is 15.0 Å². The molecular weight excluding hydrogens is 334 g/mol. The number of rotatable bonds is 5. The van der Waals surface area contributed by atoms with Gasteiger partial charge in [0.1, 0.15) is 0 Å².